The van der Waals surface area contributed by atoms with Crippen LogP contribution in [0.1, 0.15) is 17.0 Å². The Balaban J connectivity index is 2.10. The zero-order valence-electron chi connectivity index (χ0n) is 12.1. The van der Waals surface area contributed by atoms with E-state index in [0.29, 0.717) is 22.9 Å². The molecule has 3 aromatic heterocycles. The van der Waals surface area contributed by atoms with Gasteiger partial charge in [-0.2, -0.15) is 13.2 Å². The largest absolute Gasteiger partial charge is 0.417 e. The molecule has 3 heterocycles. The molecule has 126 valence electrons. The van der Waals surface area contributed by atoms with Gasteiger partial charge in [0.05, 0.1) is 17.8 Å². The molecule has 0 aromatic carbocycles. The van der Waals surface area contributed by atoms with Crippen LogP contribution in [0.2, 0.25) is 5.02 Å². The number of rotatable bonds is 2. The average molecular weight is 376 g/mol. The maximum atomic E-state index is 12.9. The monoisotopic (exact) mass is 375 g/mol. The van der Waals surface area contributed by atoms with Crippen LogP contribution in [0, 0.1) is 6.92 Å². The fourth-order valence-electron chi connectivity index (χ4n) is 2.23. The minimum atomic E-state index is -4.64. The molecular weight excluding hydrogens is 367 g/mol. The Morgan fingerprint density at radius 1 is 1.29 bits per heavy atom. The first kappa shape index (κ1) is 16.7. The minimum Gasteiger partial charge on any atom is -0.308 e. The molecule has 0 saturated heterocycles. The Bertz CT molecular complexity index is 1050. The number of halogens is 4. The lowest BCUT2D eigenvalue weighted by atomic mass is 10.2. The first-order valence-corrected chi connectivity index (χ1v) is 7.86. The third kappa shape index (κ3) is 2.96. The molecule has 0 bridgehead atoms. The highest BCUT2D eigenvalue weighted by atomic mass is 35.5. The average Bonchev–Trinajstić information content (AvgIpc) is 2.84. The summed E-state index contributed by atoms with van der Waals surface area (Å²) in [5, 5.41) is 1.19. The Morgan fingerprint density at radius 2 is 2.00 bits per heavy atom. The molecule has 3 aromatic rings. The van der Waals surface area contributed by atoms with Crippen molar-refractivity contribution in [3.05, 3.63) is 66.4 Å². The van der Waals surface area contributed by atoms with Gasteiger partial charge >= 0.3 is 6.18 Å². The molecule has 5 nitrogen and oxygen atoms in total. The van der Waals surface area contributed by atoms with Gasteiger partial charge < -0.3 is 4.57 Å². The van der Waals surface area contributed by atoms with Crippen molar-refractivity contribution in [2.45, 2.75) is 19.6 Å². The summed E-state index contributed by atoms with van der Waals surface area (Å²) in [5.41, 5.74) is -1.30. The smallest absolute Gasteiger partial charge is 0.308 e. The minimum absolute atomic E-state index is 0.180. The van der Waals surface area contributed by atoms with E-state index in [4.69, 9.17) is 11.6 Å². The SMILES string of the molecule is Cc1csc2nc(Cn3cc(C(F)(F)F)cc(Cl)c3=O)cc(=O)n12. The Morgan fingerprint density at radius 3 is 2.67 bits per heavy atom. The van der Waals surface area contributed by atoms with E-state index in [-0.39, 0.29) is 17.8 Å². The van der Waals surface area contributed by atoms with Gasteiger partial charge in [0.25, 0.3) is 11.1 Å². The predicted octanol–water partition coefficient (Wildman–Crippen LogP) is 2.95. The maximum absolute atomic E-state index is 12.9. The van der Waals surface area contributed by atoms with Crippen LogP contribution in [-0.4, -0.2) is 14.0 Å². The quantitative estimate of drug-likeness (QED) is 0.692. The second kappa shape index (κ2) is 5.75. The number of thiazole rings is 1. The molecule has 24 heavy (non-hydrogen) atoms. The number of nitrogens with zero attached hydrogens (tertiary/aromatic N) is 3. The number of aryl methyl sites for hydroxylation is 1. The highest BCUT2D eigenvalue weighted by Crippen LogP contribution is 2.29. The van der Waals surface area contributed by atoms with Crippen molar-refractivity contribution in [1.29, 1.82) is 0 Å². The van der Waals surface area contributed by atoms with E-state index in [9.17, 15) is 22.8 Å². The van der Waals surface area contributed by atoms with Crippen molar-refractivity contribution in [1.82, 2.24) is 14.0 Å². The number of hydrogen-bond donors (Lipinski definition) is 0. The Kier molecular flexibility index (Phi) is 4.00. The van der Waals surface area contributed by atoms with Crippen molar-refractivity contribution >= 4 is 27.9 Å². The molecule has 0 fully saturated rings. The number of aromatic nitrogens is 3. The molecule has 0 aliphatic carbocycles. The van der Waals surface area contributed by atoms with Gasteiger partial charge in [-0.3, -0.25) is 14.0 Å². The summed E-state index contributed by atoms with van der Waals surface area (Å²) < 4.78 is 40.7. The summed E-state index contributed by atoms with van der Waals surface area (Å²) in [6.07, 6.45) is -3.97. The van der Waals surface area contributed by atoms with E-state index in [0.717, 1.165) is 4.57 Å². The van der Waals surface area contributed by atoms with Gasteiger partial charge in [0.2, 0.25) is 0 Å². The summed E-state index contributed by atoms with van der Waals surface area (Å²) >= 11 is 6.83. The highest BCUT2D eigenvalue weighted by molar-refractivity contribution is 7.15. The lowest BCUT2D eigenvalue weighted by molar-refractivity contribution is -0.138. The normalized spacial score (nSPS) is 12.0. The van der Waals surface area contributed by atoms with E-state index in [2.05, 4.69) is 4.98 Å². The molecule has 0 unspecified atom stereocenters. The van der Waals surface area contributed by atoms with Crippen LogP contribution in [0.25, 0.3) is 4.96 Å². The summed E-state index contributed by atoms with van der Waals surface area (Å²) in [5.74, 6) is 0. The number of pyridine rings is 1. The van der Waals surface area contributed by atoms with Crippen LogP contribution >= 0.6 is 22.9 Å². The molecule has 0 N–H and O–H groups in total. The number of fused-ring (bicyclic) bond motifs is 1. The standard InChI is InChI=1S/C14H9ClF3N3O2S/c1-7-6-24-13-19-9(3-11(22)21(7)13)5-20-4-8(14(16,17)18)2-10(15)12(20)23/h2-4,6H,5H2,1H3. The van der Waals surface area contributed by atoms with Crippen molar-refractivity contribution < 1.29 is 13.2 Å². The van der Waals surface area contributed by atoms with Gasteiger partial charge in [-0.05, 0) is 13.0 Å². The predicted molar refractivity (Wildman–Crippen MR) is 83.9 cm³/mol. The van der Waals surface area contributed by atoms with Gasteiger partial charge in [0.15, 0.2) is 4.96 Å². The second-order valence-electron chi connectivity index (χ2n) is 5.09. The zero-order chi connectivity index (χ0) is 17.6. The van der Waals surface area contributed by atoms with E-state index < -0.39 is 22.3 Å². The molecule has 0 spiro atoms. The van der Waals surface area contributed by atoms with Gasteiger partial charge in [0, 0.05) is 23.3 Å². The van der Waals surface area contributed by atoms with Crippen LogP contribution in [-0.2, 0) is 12.7 Å². The fourth-order valence-corrected chi connectivity index (χ4v) is 3.34. The highest BCUT2D eigenvalue weighted by Gasteiger charge is 2.32. The van der Waals surface area contributed by atoms with Gasteiger partial charge in [0.1, 0.15) is 5.02 Å². The lowest BCUT2D eigenvalue weighted by Gasteiger charge is -2.11. The van der Waals surface area contributed by atoms with E-state index in [1.54, 1.807) is 12.3 Å². The van der Waals surface area contributed by atoms with Crippen LogP contribution in [0.3, 0.4) is 0 Å². The molecule has 3 rings (SSSR count). The number of hydrogen-bond acceptors (Lipinski definition) is 4. The van der Waals surface area contributed by atoms with Crippen molar-refractivity contribution in [3.8, 4) is 0 Å². The third-order valence-corrected chi connectivity index (χ3v) is 4.55. The third-order valence-electron chi connectivity index (χ3n) is 3.33. The molecule has 0 atom stereocenters. The molecule has 0 saturated carbocycles. The van der Waals surface area contributed by atoms with Crippen molar-refractivity contribution in [3.63, 3.8) is 0 Å². The van der Waals surface area contributed by atoms with Gasteiger partial charge in [-0.1, -0.05) is 11.6 Å². The fraction of sp³-hybridized carbons (Fsp3) is 0.214. The molecule has 0 radical (unpaired) electrons. The molecule has 10 heteroatoms. The van der Waals surface area contributed by atoms with Crippen molar-refractivity contribution in [2.24, 2.45) is 0 Å². The van der Waals surface area contributed by atoms with Gasteiger partial charge in [-0.25, -0.2) is 4.98 Å². The molecule has 0 amide bonds. The Labute approximate surface area is 141 Å². The van der Waals surface area contributed by atoms with Crippen LogP contribution in [0.5, 0.6) is 0 Å². The topological polar surface area (TPSA) is 56.4 Å². The zero-order valence-corrected chi connectivity index (χ0v) is 13.7. The first-order chi connectivity index (χ1) is 11.2. The lowest BCUT2D eigenvalue weighted by Crippen LogP contribution is -2.25. The molecule has 0 aliphatic heterocycles. The summed E-state index contributed by atoms with van der Waals surface area (Å²) in [7, 11) is 0. The molecular formula is C14H9ClF3N3O2S. The second-order valence-corrected chi connectivity index (χ2v) is 6.33. The summed E-state index contributed by atoms with van der Waals surface area (Å²) in [6.45, 7) is 1.45. The van der Waals surface area contributed by atoms with E-state index >= 15 is 0 Å². The summed E-state index contributed by atoms with van der Waals surface area (Å²) in [4.78, 5) is 28.7. The van der Waals surface area contributed by atoms with Gasteiger partial charge in [-0.15, -0.1) is 11.3 Å². The molecule has 0 aliphatic rings. The van der Waals surface area contributed by atoms with Crippen LogP contribution in [0.15, 0.2) is 33.3 Å². The number of alkyl halides is 3. The van der Waals surface area contributed by atoms with Crippen molar-refractivity contribution in [2.75, 3.05) is 0 Å². The maximum Gasteiger partial charge on any atom is 0.417 e. The van der Waals surface area contributed by atoms with Crippen LogP contribution in [0.4, 0.5) is 13.2 Å². The van der Waals surface area contributed by atoms with E-state index in [1.807, 2.05) is 0 Å². The summed E-state index contributed by atoms with van der Waals surface area (Å²) in [6, 6.07) is 1.77. The first-order valence-electron chi connectivity index (χ1n) is 6.61. The Hall–Kier alpha value is -2.13. The van der Waals surface area contributed by atoms with Crippen LogP contribution < -0.4 is 11.1 Å². The van der Waals surface area contributed by atoms with E-state index in [1.165, 1.54) is 21.8 Å².